The van der Waals surface area contributed by atoms with Crippen LogP contribution >= 0.6 is 11.3 Å². The molecule has 0 spiro atoms. The minimum absolute atomic E-state index is 0.143. The topological polar surface area (TPSA) is 38.3 Å². The lowest BCUT2D eigenvalue weighted by molar-refractivity contribution is -0.146. The molecule has 1 aliphatic heterocycles. The van der Waals surface area contributed by atoms with Crippen molar-refractivity contribution < 1.29 is 9.53 Å². The molecule has 0 amide bonds. The number of nitrogens with one attached hydrogen (secondary N) is 1. The summed E-state index contributed by atoms with van der Waals surface area (Å²) in [5.41, 5.74) is 2.52. The SMILES string of the molecule is O=C(OCCc1cccs1)[C@H]1Cc2ccccc2CN1. The molecule has 20 heavy (non-hydrogen) atoms. The van der Waals surface area contributed by atoms with Crippen LogP contribution in [0.2, 0.25) is 0 Å². The highest BCUT2D eigenvalue weighted by Gasteiger charge is 2.24. The lowest BCUT2D eigenvalue weighted by Gasteiger charge is -2.24. The number of hydrogen-bond donors (Lipinski definition) is 1. The summed E-state index contributed by atoms with van der Waals surface area (Å²) >= 11 is 1.69. The first-order chi connectivity index (χ1) is 9.83. The van der Waals surface area contributed by atoms with Crippen molar-refractivity contribution in [2.45, 2.75) is 25.4 Å². The van der Waals surface area contributed by atoms with E-state index in [1.807, 2.05) is 23.6 Å². The van der Waals surface area contributed by atoms with Gasteiger partial charge < -0.3 is 10.1 Å². The van der Waals surface area contributed by atoms with Gasteiger partial charge >= 0.3 is 5.97 Å². The molecule has 0 saturated heterocycles. The zero-order valence-electron chi connectivity index (χ0n) is 11.2. The van der Waals surface area contributed by atoms with Gasteiger partial charge in [-0.3, -0.25) is 4.79 Å². The molecule has 3 rings (SSSR count). The van der Waals surface area contributed by atoms with Gasteiger partial charge in [-0.25, -0.2) is 0 Å². The number of benzene rings is 1. The van der Waals surface area contributed by atoms with E-state index in [9.17, 15) is 4.79 Å². The van der Waals surface area contributed by atoms with Gasteiger partial charge in [-0.1, -0.05) is 30.3 Å². The normalized spacial score (nSPS) is 17.5. The summed E-state index contributed by atoms with van der Waals surface area (Å²) in [5, 5.41) is 5.29. The second-order valence-electron chi connectivity index (χ2n) is 4.90. The summed E-state index contributed by atoms with van der Waals surface area (Å²) in [4.78, 5) is 13.3. The first-order valence-electron chi connectivity index (χ1n) is 6.82. The fourth-order valence-electron chi connectivity index (χ4n) is 2.43. The van der Waals surface area contributed by atoms with Crippen LogP contribution in [0.15, 0.2) is 41.8 Å². The number of fused-ring (bicyclic) bond motifs is 1. The molecule has 1 aromatic heterocycles. The average molecular weight is 287 g/mol. The molecule has 2 heterocycles. The molecule has 104 valence electrons. The highest BCUT2D eigenvalue weighted by Crippen LogP contribution is 2.17. The van der Waals surface area contributed by atoms with E-state index in [1.165, 1.54) is 16.0 Å². The highest BCUT2D eigenvalue weighted by molar-refractivity contribution is 7.09. The van der Waals surface area contributed by atoms with Crippen molar-refractivity contribution in [3.63, 3.8) is 0 Å². The molecule has 1 aromatic carbocycles. The number of carbonyl (C=O) groups is 1. The first-order valence-corrected chi connectivity index (χ1v) is 7.70. The molecule has 0 aliphatic carbocycles. The van der Waals surface area contributed by atoms with Gasteiger partial charge in [0.1, 0.15) is 6.04 Å². The number of ether oxygens (including phenoxy) is 1. The molecular weight excluding hydrogens is 270 g/mol. The molecule has 1 N–H and O–H groups in total. The molecular formula is C16H17NO2S. The Morgan fingerprint density at radius 1 is 1.25 bits per heavy atom. The minimum Gasteiger partial charge on any atom is -0.464 e. The van der Waals surface area contributed by atoms with E-state index in [-0.39, 0.29) is 12.0 Å². The van der Waals surface area contributed by atoms with Crippen molar-refractivity contribution in [1.82, 2.24) is 5.32 Å². The standard InChI is InChI=1S/C16H17NO2S/c18-16(19-8-7-14-6-3-9-20-14)15-10-12-4-1-2-5-13(12)11-17-15/h1-6,9,15,17H,7-8,10-11H2/t15-/m1/s1. The summed E-state index contributed by atoms with van der Waals surface area (Å²) in [6, 6.07) is 12.1. The molecule has 4 heteroatoms. The molecule has 0 fully saturated rings. The van der Waals surface area contributed by atoms with Crippen LogP contribution < -0.4 is 5.32 Å². The number of carbonyl (C=O) groups excluding carboxylic acids is 1. The molecule has 0 saturated carbocycles. The van der Waals surface area contributed by atoms with Crippen molar-refractivity contribution in [3.8, 4) is 0 Å². The van der Waals surface area contributed by atoms with E-state index in [4.69, 9.17) is 4.74 Å². The maximum absolute atomic E-state index is 12.1. The second-order valence-corrected chi connectivity index (χ2v) is 5.94. The van der Waals surface area contributed by atoms with Crippen molar-refractivity contribution in [1.29, 1.82) is 0 Å². The summed E-state index contributed by atoms with van der Waals surface area (Å²) in [5.74, 6) is -0.143. The van der Waals surface area contributed by atoms with E-state index < -0.39 is 0 Å². The van der Waals surface area contributed by atoms with Crippen LogP contribution in [0, 0.1) is 0 Å². The first kappa shape index (κ1) is 13.3. The Bertz CT molecular complexity index is 580. The second kappa shape index (κ2) is 6.20. The number of thiophene rings is 1. The number of rotatable bonds is 4. The van der Waals surface area contributed by atoms with Gasteiger partial charge in [0, 0.05) is 17.8 Å². The van der Waals surface area contributed by atoms with Gasteiger partial charge in [0.05, 0.1) is 6.61 Å². The van der Waals surface area contributed by atoms with Gasteiger partial charge in [-0.05, 0) is 29.0 Å². The van der Waals surface area contributed by atoms with Crippen LogP contribution in [-0.4, -0.2) is 18.6 Å². The highest BCUT2D eigenvalue weighted by atomic mass is 32.1. The quantitative estimate of drug-likeness (QED) is 0.878. The largest absolute Gasteiger partial charge is 0.464 e. The lowest BCUT2D eigenvalue weighted by Crippen LogP contribution is -2.42. The number of esters is 1. The molecule has 0 radical (unpaired) electrons. The predicted octanol–water partition coefficient (Wildman–Crippen LogP) is 2.55. The monoisotopic (exact) mass is 287 g/mol. The summed E-state index contributed by atoms with van der Waals surface area (Å²) in [6.07, 6.45) is 1.51. The van der Waals surface area contributed by atoms with Crippen LogP contribution in [0.4, 0.5) is 0 Å². The Hall–Kier alpha value is -1.65. The maximum atomic E-state index is 12.1. The molecule has 1 aliphatic rings. The molecule has 2 aromatic rings. The van der Waals surface area contributed by atoms with E-state index >= 15 is 0 Å². The Balaban J connectivity index is 1.51. The van der Waals surface area contributed by atoms with Crippen molar-refractivity contribution >= 4 is 17.3 Å². The van der Waals surface area contributed by atoms with E-state index in [0.29, 0.717) is 13.0 Å². The molecule has 1 atom stereocenters. The summed E-state index contributed by atoms with van der Waals surface area (Å²) in [6.45, 7) is 1.19. The van der Waals surface area contributed by atoms with Crippen LogP contribution in [0.1, 0.15) is 16.0 Å². The smallest absolute Gasteiger partial charge is 0.323 e. The fourth-order valence-corrected chi connectivity index (χ4v) is 3.12. The van der Waals surface area contributed by atoms with Gasteiger partial charge in [0.25, 0.3) is 0 Å². The zero-order valence-corrected chi connectivity index (χ0v) is 12.0. The van der Waals surface area contributed by atoms with Crippen LogP contribution in [-0.2, 0) is 28.9 Å². The Morgan fingerprint density at radius 2 is 2.10 bits per heavy atom. The minimum atomic E-state index is -0.215. The molecule has 0 unspecified atom stereocenters. The maximum Gasteiger partial charge on any atom is 0.323 e. The lowest BCUT2D eigenvalue weighted by atomic mass is 9.96. The zero-order chi connectivity index (χ0) is 13.8. The Labute approximate surface area is 122 Å². The summed E-state index contributed by atoms with van der Waals surface area (Å²) < 4.78 is 5.38. The molecule has 3 nitrogen and oxygen atoms in total. The van der Waals surface area contributed by atoms with E-state index in [1.54, 1.807) is 11.3 Å². The number of hydrogen-bond acceptors (Lipinski definition) is 4. The van der Waals surface area contributed by atoms with Gasteiger partial charge in [0.15, 0.2) is 0 Å². The van der Waals surface area contributed by atoms with Crippen molar-refractivity contribution in [2.75, 3.05) is 6.61 Å². The third-order valence-corrected chi connectivity index (χ3v) is 4.47. The van der Waals surface area contributed by atoms with E-state index in [2.05, 4.69) is 23.5 Å². The Morgan fingerprint density at radius 3 is 2.90 bits per heavy atom. The van der Waals surface area contributed by atoms with Gasteiger partial charge in [-0.15, -0.1) is 11.3 Å². The van der Waals surface area contributed by atoms with Gasteiger partial charge in [-0.2, -0.15) is 0 Å². The van der Waals surface area contributed by atoms with E-state index in [0.717, 1.165) is 13.0 Å². The van der Waals surface area contributed by atoms with Crippen molar-refractivity contribution in [2.24, 2.45) is 0 Å². The third-order valence-electron chi connectivity index (χ3n) is 3.54. The predicted molar refractivity (Wildman–Crippen MR) is 79.8 cm³/mol. The van der Waals surface area contributed by atoms with Crippen LogP contribution in [0.5, 0.6) is 0 Å². The van der Waals surface area contributed by atoms with Gasteiger partial charge in [0.2, 0.25) is 0 Å². The third kappa shape index (κ3) is 3.08. The van der Waals surface area contributed by atoms with Crippen LogP contribution in [0.3, 0.4) is 0 Å². The fraction of sp³-hybridized carbons (Fsp3) is 0.312. The van der Waals surface area contributed by atoms with Crippen molar-refractivity contribution in [3.05, 3.63) is 57.8 Å². The average Bonchev–Trinajstić information content (AvgIpc) is 3.00. The summed E-state index contributed by atoms with van der Waals surface area (Å²) in [7, 11) is 0. The Kier molecular flexibility index (Phi) is 4.14. The van der Waals surface area contributed by atoms with Crippen LogP contribution in [0.25, 0.3) is 0 Å². The molecule has 0 bridgehead atoms.